The number of benzene rings is 1. The summed E-state index contributed by atoms with van der Waals surface area (Å²) in [5.74, 6) is -0.0137. The molecule has 2 aromatic rings. The van der Waals surface area contributed by atoms with E-state index in [1.165, 1.54) is 11.3 Å². The van der Waals surface area contributed by atoms with Crippen LogP contribution in [0.1, 0.15) is 20.8 Å². The highest BCUT2D eigenvalue weighted by atomic mass is 79.9. The Kier molecular flexibility index (Phi) is 3.18. The lowest BCUT2D eigenvalue weighted by Crippen LogP contribution is -1.97. The molecule has 0 saturated heterocycles. The van der Waals surface area contributed by atoms with E-state index in [0.717, 1.165) is 3.79 Å². The van der Waals surface area contributed by atoms with Gasteiger partial charge >= 0.3 is 0 Å². The molecule has 2 rings (SSSR count). The molecule has 0 unspecified atom stereocenters. The summed E-state index contributed by atoms with van der Waals surface area (Å²) in [5, 5.41) is 8.65. The zero-order chi connectivity index (χ0) is 11.5. The summed E-state index contributed by atoms with van der Waals surface area (Å²) in [7, 11) is 0. The summed E-state index contributed by atoms with van der Waals surface area (Å²) in [6, 6.07) is 12.3. The van der Waals surface area contributed by atoms with Crippen molar-refractivity contribution in [2.75, 3.05) is 0 Å². The number of halogens is 1. The molecule has 0 amide bonds. The molecule has 0 radical (unpaired) electrons. The second-order valence-electron chi connectivity index (χ2n) is 3.12. The van der Waals surface area contributed by atoms with E-state index in [4.69, 9.17) is 5.26 Å². The maximum atomic E-state index is 12.0. The highest BCUT2D eigenvalue weighted by molar-refractivity contribution is 9.11. The Morgan fingerprint density at radius 1 is 1.19 bits per heavy atom. The van der Waals surface area contributed by atoms with Crippen LogP contribution in [-0.2, 0) is 0 Å². The van der Waals surface area contributed by atoms with Crippen molar-refractivity contribution in [2.24, 2.45) is 0 Å². The zero-order valence-electron chi connectivity index (χ0n) is 8.11. The second-order valence-corrected chi connectivity index (χ2v) is 5.59. The standard InChI is InChI=1S/C12H6BrNOS/c13-11-6-5-10(16-11)12(15)9-3-1-8(7-14)2-4-9/h1-6H. The highest BCUT2D eigenvalue weighted by Gasteiger charge is 2.10. The molecule has 78 valence electrons. The van der Waals surface area contributed by atoms with Gasteiger partial charge in [-0.1, -0.05) is 0 Å². The summed E-state index contributed by atoms with van der Waals surface area (Å²) in [6.45, 7) is 0. The third-order valence-corrected chi connectivity index (χ3v) is 3.70. The fourth-order valence-corrected chi connectivity index (χ4v) is 2.62. The molecule has 0 spiro atoms. The number of carbonyl (C=O) groups is 1. The molecule has 4 heteroatoms. The summed E-state index contributed by atoms with van der Waals surface area (Å²) in [5.41, 5.74) is 1.16. The van der Waals surface area contributed by atoms with Crippen LogP contribution in [0.25, 0.3) is 0 Å². The fraction of sp³-hybridized carbons (Fsp3) is 0. The van der Waals surface area contributed by atoms with E-state index in [-0.39, 0.29) is 5.78 Å². The van der Waals surface area contributed by atoms with Crippen molar-refractivity contribution in [3.05, 3.63) is 56.2 Å². The van der Waals surface area contributed by atoms with Gasteiger partial charge in [-0.25, -0.2) is 0 Å². The minimum Gasteiger partial charge on any atom is -0.288 e. The molecule has 0 aliphatic rings. The molecular formula is C12H6BrNOS. The molecule has 0 fully saturated rings. The maximum Gasteiger partial charge on any atom is 0.202 e. The van der Waals surface area contributed by atoms with E-state index in [1.54, 1.807) is 30.3 Å². The number of ketones is 1. The van der Waals surface area contributed by atoms with E-state index < -0.39 is 0 Å². The van der Waals surface area contributed by atoms with Crippen LogP contribution in [0.5, 0.6) is 0 Å². The van der Waals surface area contributed by atoms with Crippen molar-refractivity contribution < 1.29 is 4.79 Å². The molecule has 0 aliphatic carbocycles. The van der Waals surface area contributed by atoms with Gasteiger partial charge in [-0.3, -0.25) is 4.79 Å². The molecule has 2 nitrogen and oxygen atoms in total. The number of thiophene rings is 1. The van der Waals surface area contributed by atoms with Crippen LogP contribution in [0.4, 0.5) is 0 Å². The van der Waals surface area contributed by atoms with Gasteiger partial charge in [0.15, 0.2) is 0 Å². The third kappa shape index (κ3) is 2.21. The largest absolute Gasteiger partial charge is 0.288 e. The van der Waals surface area contributed by atoms with E-state index in [1.807, 2.05) is 12.1 Å². The summed E-state index contributed by atoms with van der Waals surface area (Å²) in [6.07, 6.45) is 0. The quantitative estimate of drug-likeness (QED) is 0.793. The van der Waals surface area contributed by atoms with Crippen molar-refractivity contribution in [3.63, 3.8) is 0 Å². The van der Waals surface area contributed by atoms with Crippen molar-refractivity contribution in [2.45, 2.75) is 0 Å². The number of rotatable bonds is 2. The van der Waals surface area contributed by atoms with Gasteiger partial charge in [0.25, 0.3) is 0 Å². The fourth-order valence-electron chi connectivity index (χ4n) is 1.27. The molecule has 0 aliphatic heterocycles. The predicted octanol–water partition coefficient (Wildman–Crippen LogP) is 3.61. The average Bonchev–Trinajstić information content (AvgIpc) is 2.75. The summed E-state index contributed by atoms with van der Waals surface area (Å²) in [4.78, 5) is 12.7. The number of nitriles is 1. The Balaban J connectivity index is 2.31. The topological polar surface area (TPSA) is 40.9 Å². The Bertz CT molecular complexity index is 565. The molecule has 0 atom stereocenters. The first-order valence-electron chi connectivity index (χ1n) is 4.51. The van der Waals surface area contributed by atoms with Crippen molar-refractivity contribution in [3.8, 4) is 6.07 Å². The van der Waals surface area contributed by atoms with E-state index in [9.17, 15) is 4.79 Å². The van der Waals surface area contributed by atoms with Gasteiger partial charge in [-0.2, -0.15) is 5.26 Å². The molecule has 0 bridgehead atoms. The molecule has 1 aromatic carbocycles. The molecule has 16 heavy (non-hydrogen) atoms. The Hall–Kier alpha value is -1.44. The second kappa shape index (κ2) is 4.60. The van der Waals surface area contributed by atoms with E-state index in [2.05, 4.69) is 15.9 Å². The lowest BCUT2D eigenvalue weighted by Gasteiger charge is -1.97. The van der Waals surface area contributed by atoms with Crippen LogP contribution in [0, 0.1) is 11.3 Å². The SMILES string of the molecule is N#Cc1ccc(C(=O)c2ccc(Br)s2)cc1. The van der Waals surface area contributed by atoms with Crippen molar-refractivity contribution >= 4 is 33.0 Å². The number of nitrogens with zero attached hydrogens (tertiary/aromatic N) is 1. The first-order valence-corrected chi connectivity index (χ1v) is 6.12. The Labute approximate surface area is 105 Å². The van der Waals surface area contributed by atoms with Gasteiger partial charge < -0.3 is 0 Å². The van der Waals surface area contributed by atoms with Gasteiger partial charge in [0.05, 0.1) is 20.3 Å². The normalized spacial score (nSPS) is 9.75. The van der Waals surface area contributed by atoms with Crippen LogP contribution in [0.15, 0.2) is 40.2 Å². The first kappa shape index (κ1) is 11.1. The number of carbonyl (C=O) groups excluding carboxylic acids is 1. The number of hydrogen-bond donors (Lipinski definition) is 0. The van der Waals surface area contributed by atoms with Gasteiger partial charge in [0, 0.05) is 5.56 Å². The first-order chi connectivity index (χ1) is 7.70. The minimum atomic E-state index is -0.0137. The minimum absolute atomic E-state index is 0.0137. The van der Waals surface area contributed by atoms with Crippen LogP contribution < -0.4 is 0 Å². The third-order valence-electron chi connectivity index (χ3n) is 2.07. The Morgan fingerprint density at radius 3 is 2.38 bits per heavy atom. The van der Waals surface area contributed by atoms with E-state index >= 15 is 0 Å². The van der Waals surface area contributed by atoms with Gasteiger partial charge in [0.2, 0.25) is 5.78 Å². The van der Waals surface area contributed by atoms with Gasteiger partial charge in [-0.15, -0.1) is 11.3 Å². The van der Waals surface area contributed by atoms with Gasteiger partial charge in [0.1, 0.15) is 0 Å². The Morgan fingerprint density at radius 2 is 1.88 bits per heavy atom. The molecule has 1 aromatic heterocycles. The van der Waals surface area contributed by atoms with Crippen molar-refractivity contribution in [1.29, 1.82) is 5.26 Å². The van der Waals surface area contributed by atoms with Gasteiger partial charge in [-0.05, 0) is 52.3 Å². The predicted molar refractivity (Wildman–Crippen MR) is 66.6 cm³/mol. The highest BCUT2D eigenvalue weighted by Crippen LogP contribution is 2.24. The maximum absolute atomic E-state index is 12.0. The monoisotopic (exact) mass is 291 g/mol. The zero-order valence-corrected chi connectivity index (χ0v) is 10.5. The molecule has 0 saturated carbocycles. The molecular weight excluding hydrogens is 286 g/mol. The van der Waals surface area contributed by atoms with Crippen LogP contribution >= 0.6 is 27.3 Å². The summed E-state index contributed by atoms with van der Waals surface area (Å²) >= 11 is 4.72. The number of hydrogen-bond acceptors (Lipinski definition) is 3. The van der Waals surface area contributed by atoms with Crippen LogP contribution in [0.2, 0.25) is 0 Å². The lowest BCUT2D eigenvalue weighted by atomic mass is 10.1. The summed E-state index contributed by atoms with van der Waals surface area (Å²) < 4.78 is 0.935. The van der Waals surface area contributed by atoms with Crippen molar-refractivity contribution in [1.82, 2.24) is 0 Å². The van der Waals surface area contributed by atoms with Crippen LogP contribution in [0.3, 0.4) is 0 Å². The molecule has 0 N–H and O–H groups in total. The van der Waals surface area contributed by atoms with E-state index in [0.29, 0.717) is 16.0 Å². The van der Waals surface area contributed by atoms with Crippen LogP contribution in [-0.4, -0.2) is 5.78 Å². The molecule has 1 heterocycles. The average molecular weight is 292 g/mol. The smallest absolute Gasteiger partial charge is 0.202 e. The lowest BCUT2D eigenvalue weighted by molar-refractivity contribution is 0.104.